The number of piperidine rings is 1. The molecule has 24 heavy (non-hydrogen) atoms. The van der Waals surface area contributed by atoms with Crippen LogP contribution in [0.15, 0.2) is 12.1 Å². The summed E-state index contributed by atoms with van der Waals surface area (Å²) in [5.41, 5.74) is 5.98. The molecule has 1 amide bonds. The van der Waals surface area contributed by atoms with Crippen molar-refractivity contribution in [2.24, 2.45) is 0 Å². The summed E-state index contributed by atoms with van der Waals surface area (Å²) in [6.07, 6.45) is 1.16. The summed E-state index contributed by atoms with van der Waals surface area (Å²) in [4.78, 5) is 14.1. The van der Waals surface area contributed by atoms with Crippen LogP contribution in [-0.4, -0.2) is 34.3 Å². The molecule has 1 saturated heterocycles. The molecule has 0 aromatic heterocycles. The van der Waals surface area contributed by atoms with Crippen molar-refractivity contribution in [3.8, 4) is 0 Å². The minimum atomic E-state index is -0.909. The molecule has 134 valence electrons. The van der Waals surface area contributed by atoms with Gasteiger partial charge in [-0.1, -0.05) is 23.2 Å². The van der Waals surface area contributed by atoms with Crippen LogP contribution < -0.4 is 5.73 Å². The lowest BCUT2D eigenvalue weighted by Crippen LogP contribution is -2.48. The van der Waals surface area contributed by atoms with Gasteiger partial charge in [0.1, 0.15) is 5.60 Å². The molecule has 0 radical (unpaired) electrons. The normalized spacial score (nSPS) is 19.9. The number of benzene rings is 1. The number of nitrogens with two attached hydrogens (primary N) is 1. The number of aliphatic hydroxyl groups excluding tert-OH is 1. The lowest BCUT2D eigenvalue weighted by atomic mass is 9.93. The molecule has 0 saturated carbocycles. The van der Waals surface area contributed by atoms with Gasteiger partial charge in [-0.2, -0.15) is 0 Å². The monoisotopic (exact) mass is 374 g/mol. The summed E-state index contributed by atoms with van der Waals surface area (Å²) >= 11 is 12.1. The average Bonchev–Trinajstić information content (AvgIpc) is 2.49. The van der Waals surface area contributed by atoms with Crippen molar-refractivity contribution in [1.82, 2.24) is 4.90 Å². The number of hydrogen-bond acceptors (Lipinski definition) is 4. The number of likely N-dealkylation sites (tertiary alicyclic amines) is 1. The highest BCUT2D eigenvalue weighted by Crippen LogP contribution is 2.35. The third-order valence-electron chi connectivity index (χ3n) is 3.98. The van der Waals surface area contributed by atoms with Crippen LogP contribution in [0.5, 0.6) is 0 Å². The Bertz CT molecular complexity index is 593. The Hall–Kier alpha value is -1.17. The quantitative estimate of drug-likeness (QED) is 0.752. The van der Waals surface area contributed by atoms with Gasteiger partial charge in [0.05, 0.1) is 27.9 Å². The fourth-order valence-corrected chi connectivity index (χ4v) is 3.33. The van der Waals surface area contributed by atoms with Crippen molar-refractivity contribution >= 4 is 35.0 Å². The Labute approximate surface area is 152 Å². The molecule has 1 aromatic carbocycles. The van der Waals surface area contributed by atoms with E-state index in [2.05, 4.69) is 0 Å². The summed E-state index contributed by atoms with van der Waals surface area (Å²) in [6.45, 7) is 6.01. The van der Waals surface area contributed by atoms with Crippen molar-refractivity contribution in [3.63, 3.8) is 0 Å². The first kappa shape index (κ1) is 19.2. The number of rotatable bonds is 2. The second-order valence-corrected chi connectivity index (χ2v) is 7.89. The number of amides is 1. The number of nitrogen functional groups attached to an aromatic ring is 1. The highest BCUT2D eigenvalue weighted by atomic mass is 35.5. The van der Waals surface area contributed by atoms with E-state index in [-0.39, 0.29) is 21.8 Å². The maximum absolute atomic E-state index is 12.5. The van der Waals surface area contributed by atoms with Crippen LogP contribution in [0, 0.1) is 0 Å². The number of carbonyl (C=O) groups is 1. The van der Waals surface area contributed by atoms with Crippen LogP contribution in [0.1, 0.15) is 51.7 Å². The SMILES string of the molecule is CC(C)(C)OC(=O)N1CCCCC1C(O)c1cc(Cl)c(N)c(Cl)c1. The predicted octanol–water partition coefficient (Wildman–Crippen LogP) is 4.40. The first-order valence-electron chi connectivity index (χ1n) is 8.02. The highest BCUT2D eigenvalue weighted by molar-refractivity contribution is 6.38. The van der Waals surface area contributed by atoms with Gasteiger partial charge in [-0.3, -0.25) is 0 Å². The molecule has 5 nitrogen and oxygen atoms in total. The topological polar surface area (TPSA) is 75.8 Å². The number of aliphatic hydroxyl groups is 1. The number of anilines is 1. The third-order valence-corrected chi connectivity index (χ3v) is 4.61. The largest absolute Gasteiger partial charge is 0.444 e. The summed E-state index contributed by atoms with van der Waals surface area (Å²) in [7, 11) is 0. The minimum absolute atomic E-state index is 0.280. The smallest absolute Gasteiger partial charge is 0.410 e. The lowest BCUT2D eigenvalue weighted by Gasteiger charge is -2.39. The number of carbonyl (C=O) groups excluding carboxylic acids is 1. The van der Waals surface area contributed by atoms with E-state index in [4.69, 9.17) is 33.7 Å². The zero-order valence-electron chi connectivity index (χ0n) is 14.2. The Morgan fingerprint density at radius 1 is 1.33 bits per heavy atom. The molecule has 0 bridgehead atoms. The molecule has 2 unspecified atom stereocenters. The first-order chi connectivity index (χ1) is 11.1. The Morgan fingerprint density at radius 2 is 1.92 bits per heavy atom. The Kier molecular flexibility index (Phi) is 5.89. The van der Waals surface area contributed by atoms with Crippen LogP contribution >= 0.6 is 23.2 Å². The fourth-order valence-electron chi connectivity index (χ4n) is 2.83. The van der Waals surface area contributed by atoms with Gasteiger partial charge in [-0.15, -0.1) is 0 Å². The van der Waals surface area contributed by atoms with Crippen LogP contribution in [0.4, 0.5) is 10.5 Å². The molecule has 3 N–H and O–H groups in total. The molecule has 7 heteroatoms. The minimum Gasteiger partial charge on any atom is -0.444 e. The van der Waals surface area contributed by atoms with Gasteiger partial charge < -0.3 is 20.5 Å². The van der Waals surface area contributed by atoms with Gasteiger partial charge in [-0.05, 0) is 57.7 Å². The second kappa shape index (κ2) is 7.38. The molecule has 1 aromatic rings. The fraction of sp³-hybridized carbons (Fsp3) is 0.588. The Balaban J connectivity index is 2.25. The third kappa shape index (κ3) is 4.47. The maximum atomic E-state index is 12.5. The highest BCUT2D eigenvalue weighted by Gasteiger charge is 2.35. The van der Waals surface area contributed by atoms with Crippen molar-refractivity contribution in [2.75, 3.05) is 12.3 Å². The molecule has 1 fully saturated rings. The van der Waals surface area contributed by atoms with E-state index < -0.39 is 17.8 Å². The molecule has 0 spiro atoms. The van der Waals surface area contributed by atoms with Gasteiger partial charge in [0.15, 0.2) is 0 Å². The zero-order chi connectivity index (χ0) is 18.1. The molecule has 1 aliphatic heterocycles. The average molecular weight is 375 g/mol. The van der Waals surface area contributed by atoms with E-state index in [1.807, 2.05) is 20.8 Å². The van der Waals surface area contributed by atoms with E-state index in [1.165, 1.54) is 0 Å². The van der Waals surface area contributed by atoms with E-state index in [9.17, 15) is 9.90 Å². The van der Waals surface area contributed by atoms with Gasteiger partial charge in [0, 0.05) is 6.54 Å². The molecule has 0 aliphatic carbocycles. The zero-order valence-corrected chi connectivity index (χ0v) is 15.7. The molecule has 2 atom stereocenters. The molecular formula is C17H24Cl2N2O3. The van der Waals surface area contributed by atoms with Gasteiger partial charge in [0.2, 0.25) is 0 Å². The van der Waals surface area contributed by atoms with E-state index in [1.54, 1.807) is 17.0 Å². The van der Waals surface area contributed by atoms with Crippen molar-refractivity contribution in [1.29, 1.82) is 0 Å². The molecule has 1 heterocycles. The molecule has 1 aliphatic rings. The number of ether oxygens (including phenoxy) is 1. The van der Waals surface area contributed by atoms with Crippen LogP contribution in [0.3, 0.4) is 0 Å². The lowest BCUT2D eigenvalue weighted by molar-refractivity contribution is -0.0169. The van der Waals surface area contributed by atoms with Crippen molar-refractivity contribution in [2.45, 2.75) is 57.8 Å². The number of hydrogen-bond donors (Lipinski definition) is 2. The summed E-state index contributed by atoms with van der Waals surface area (Å²) in [6, 6.07) is 2.80. The van der Waals surface area contributed by atoms with E-state index in [0.29, 0.717) is 18.5 Å². The van der Waals surface area contributed by atoms with Gasteiger partial charge in [-0.25, -0.2) is 4.79 Å². The first-order valence-corrected chi connectivity index (χ1v) is 8.78. The standard InChI is InChI=1S/C17H24Cl2N2O3/c1-17(2,3)24-16(23)21-7-5-4-6-13(21)15(22)10-8-11(18)14(20)12(19)9-10/h8-9,13,15,22H,4-7,20H2,1-3H3. The summed E-state index contributed by atoms with van der Waals surface area (Å²) < 4.78 is 5.46. The van der Waals surface area contributed by atoms with Crippen molar-refractivity contribution < 1.29 is 14.6 Å². The van der Waals surface area contributed by atoms with Crippen LogP contribution in [0.2, 0.25) is 10.0 Å². The summed E-state index contributed by atoms with van der Waals surface area (Å²) in [5.74, 6) is 0. The predicted molar refractivity (Wildman–Crippen MR) is 96.4 cm³/mol. The van der Waals surface area contributed by atoms with E-state index in [0.717, 1.165) is 12.8 Å². The molecule has 2 rings (SSSR count). The van der Waals surface area contributed by atoms with E-state index >= 15 is 0 Å². The van der Waals surface area contributed by atoms with Gasteiger partial charge in [0.25, 0.3) is 0 Å². The maximum Gasteiger partial charge on any atom is 0.410 e. The second-order valence-electron chi connectivity index (χ2n) is 7.08. The summed E-state index contributed by atoms with van der Waals surface area (Å²) in [5, 5.41) is 11.4. The number of halogens is 2. The van der Waals surface area contributed by atoms with Crippen molar-refractivity contribution in [3.05, 3.63) is 27.7 Å². The molecular weight excluding hydrogens is 351 g/mol. The van der Waals surface area contributed by atoms with Crippen LogP contribution in [-0.2, 0) is 4.74 Å². The Morgan fingerprint density at radius 3 is 2.46 bits per heavy atom. The van der Waals surface area contributed by atoms with Crippen LogP contribution in [0.25, 0.3) is 0 Å². The number of nitrogens with zero attached hydrogens (tertiary/aromatic N) is 1. The van der Waals surface area contributed by atoms with Gasteiger partial charge >= 0.3 is 6.09 Å².